The molecule has 0 rings (SSSR count). The van der Waals surface area contributed by atoms with Crippen molar-refractivity contribution in [3.05, 3.63) is 46.2 Å². The molecular formula is C18H29NO. The predicted octanol–water partition coefficient (Wildman–Crippen LogP) is 5.59. The summed E-state index contributed by atoms with van der Waals surface area (Å²) in [5, 5.41) is 0. The van der Waals surface area contributed by atoms with Crippen LogP contribution >= 0.6 is 0 Å². The van der Waals surface area contributed by atoms with Gasteiger partial charge in [-0.3, -0.25) is 0 Å². The molecule has 2 nitrogen and oxygen atoms in total. The van der Waals surface area contributed by atoms with Gasteiger partial charge < -0.3 is 4.74 Å². The molecule has 0 atom stereocenters. The van der Waals surface area contributed by atoms with Crippen LogP contribution in [0.4, 0.5) is 0 Å². The quantitative estimate of drug-likeness (QED) is 0.337. The molecule has 0 saturated heterocycles. The molecule has 0 saturated carbocycles. The highest BCUT2D eigenvalue weighted by Crippen LogP contribution is 2.21. The normalized spacial score (nSPS) is 15.7. The molecule has 0 N–H and O–H groups in total. The Hall–Kier alpha value is -1.57. The van der Waals surface area contributed by atoms with Crippen molar-refractivity contribution in [2.45, 2.75) is 54.4 Å². The van der Waals surface area contributed by atoms with Gasteiger partial charge in [-0.15, -0.1) is 0 Å². The van der Waals surface area contributed by atoms with E-state index in [0.717, 1.165) is 24.1 Å². The Morgan fingerprint density at radius 1 is 1.00 bits per heavy atom. The summed E-state index contributed by atoms with van der Waals surface area (Å²) in [7, 11) is 1.62. The zero-order valence-electron chi connectivity index (χ0n) is 14.1. The molecule has 0 fully saturated rings. The van der Waals surface area contributed by atoms with E-state index in [1.165, 1.54) is 23.1 Å². The molecule has 0 spiro atoms. The maximum atomic E-state index is 4.96. The third kappa shape index (κ3) is 6.05. The van der Waals surface area contributed by atoms with Crippen LogP contribution in [0, 0.1) is 0 Å². The van der Waals surface area contributed by atoms with E-state index in [1.807, 2.05) is 6.92 Å². The van der Waals surface area contributed by atoms with Crippen LogP contribution in [0.25, 0.3) is 0 Å². The van der Waals surface area contributed by atoms with Crippen molar-refractivity contribution in [3.63, 3.8) is 0 Å². The van der Waals surface area contributed by atoms with Gasteiger partial charge in [0.25, 0.3) is 0 Å². The lowest BCUT2D eigenvalue weighted by Crippen LogP contribution is -1.91. The van der Waals surface area contributed by atoms with Crippen LogP contribution in [0.2, 0.25) is 0 Å². The smallest absolute Gasteiger partial charge is 0.174 e. The second-order valence-corrected chi connectivity index (χ2v) is 4.85. The summed E-state index contributed by atoms with van der Waals surface area (Å²) < 4.78 is 4.96. The monoisotopic (exact) mass is 275 g/mol. The molecule has 20 heavy (non-hydrogen) atoms. The van der Waals surface area contributed by atoms with Crippen LogP contribution in [-0.2, 0) is 4.74 Å². The summed E-state index contributed by atoms with van der Waals surface area (Å²) in [6, 6.07) is 0. The summed E-state index contributed by atoms with van der Waals surface area (Å²) in [6.45, 7) is 12.8. The van der Waals surface area contributed by atoms with E-state index >= 15 is 0 Å². The number of allylic oxidation sites excluding steroid dienone is 6. The Balaban J connectivity index is 5.45. The van der Waals surface area contributed by atoms with Crippen LogP contribution < -0.4 is 0 Å². The van der Waals surface area contributed by atoms with Gasteiger partial charge in [-0.2, -0.15) is 0 Å². The van der Waals surface area contributed by atoms with Gasteiger partial charge in [0, 0.05) is 0 Å². The van der Waals surface area contributed by atoms with Gasteiger partial charge in [0.2, 0.25) is 0 Å². The summed E-state index contributed by atoms with van der Waals surface area (Å²) in [5.74, 6) is 0. The van der Waals surface area contributed by atoms with Crippen molar-refractivity contribution in [1.82, 2.24) is 0 Å². The third-order valence-electron chi connectivity index (χ3n) is 3.52. The van der Waals surface area contributed by atoms with E-state index in [0.29, 0.717) is 0 Å². The average Bonchev–Trinajstić information content (AvgIpc) is 2.48. The minimum Gasteiger partial charge on any atom is -0.486 e. The van der Waals surface area contributed by atoms with Crippen LogP contribution in [0.5, 0.6) is 0 Å². The maximum absolute atomic E-state index is 4.96. The number of hydrogen-bond acceptors (Lipinski definition) is 2. The topological polar surface area (TPSA) is 21.6 Å². The van der Waals surface area contributed by atoms with Crippen LogP contribution in [0.1, 0.15) is 54.4 Å². The maximum Gasteiger partial charge on any atom is 0.174 e. The Labute approximate surface area is 124 Å². The number of hydrogen-bond donors (Lipinski definition) is 0. The predicted molar refractivity (Wildman–Crippen MR) is 90.1 cm³/mol. The molecule has 0 aliphatic heterocycles. The fourth-order valence-corrected chi connectivity index (χ4v) is 1.65. The lowest BCUT2D eigenvalue weighted by molar-refractivity contribution is 0.422. The van der Waals surface area contributed by atoms with Crippen LogP contribution in [0.15, 0.2) is 51.2 Å². The Morgan fingerprint density at radius 3 is 2.05 bits per heavy atom. The SMILES string of the molecule is C/C=C(\C=C/C(C)=C(/C)CC)C(/N=COC)=C(\C)CC. The van der Waals surface area contributed by atoms with Crippen molar-refractivity contribution < 1.29 is 4.74 Å². The van der Waals surface area contributed by atoms with Crippen molar-refractivity contribution in [2.75, 3.05) is 7.11 Å². The van der Waals surface area contributed by atoms with Gasteiger partial charge in [-0.1, -0.05) is 43.2 Å². The van der Waals surface area contributed by atoms with E-state index in [1.54, 1.807) is 7.11 Å². The summed E-state index contributed by atoms with van der Waals surface area (Å²) in [5.41, 5.74) is 6.10. The Bertz CT molecular complexity index is 448. The number of rotatable bonds is 7. The van der Waals surface area contributed by atoms with Crippen molar-refractivity contribution in [2.24, 2.45) is 4.99 Å². The zero-order valence-corrected chi connectivity index (χ0v) is 14.1. The summed E-state index contributed by atoms with van der Waals surface area (Å²) >= 11 is 0. The lowest BCUT2D eigenvalue weighted by atomic mass is 10.0. The van der Waals surface area contributed by atoms with Crippen molar-refractivity contribution >= 4 is 6.40 Å². The van der Waals surface area contributed by atoms with Gasteiger partial charge in [0.05, 0.1) is 12.8 Å². The van der Waals surface area contributed by atoms with E-state index < -0.39 is 0 Å². The number of methoxy groups -OCH3 is 1. The van der Waals surface area contributed by atoms with Crippen molar-refractivity contribution in [1.29, 1.82) is 0 Å². The highest BCUT2D eigenvalue weighted by Gasteiger charge is 2.04. The highest BCUT2D eigenvalue weighted by atomic mass is 16.5. The minimum atomic E-state index is 0.977. The molecular weight excluding hydrogens is 246 g/mol. The lowest BCUT2D eigenvalue weighted by Gasteiger charge is -2.08. The minimum absolute atomic E-state index is 0.977. The molecule has 0 bridgehead atoms. The molecule has 0 aromatic heterocycles. The first kappa shape index (κ1) is 18.4. The second-order valence-electron chi connectivity index (χ2n) is 4.85. The molecule has 0 radical (unpaired) electrons. The van der Waals surface area contributed by atoms with Crippen LogP contribution in [0.3, 0.4) is 0 Å². The Morgan fingerprint density at radius 2 is 1.60 bits per heavy atom. The molecule has 0 aromatic carbocycles. The fourth-order valence-electron chi connectivity index (χ4n) is 1.65. The van der Waals surface area contributed by atoms with Gasteiger partial charge >= 0.3 is 0 Å². The molecule has 0 aromatic rings. The zero-order chi connectivity index (χ0) is 15.5. The Kier molecular flexibility index (Phi) is 9.44. The van der Waals surface area contributed by atoms with Gasteiger partial charge in [-0.05, 0) is 51.7 Å². The fraction of sp³-hybridized carbons (Fsp3) is 0.500. The molecule has 112 valence electrons. The summed E-state index contributed by atoms with van der Waals surface area (Å²) in [6.07, 6.45) is 9.94. The third-order valence-corrected chi connectivity index (χ3v) is 3.52. The second kappa shape index (κ2) is 10.2. The van der Waals surface area contributed by atoms with E-state index in [2.05, 4.69) is 57.8 Å². The molecule has 0 unspecified atom stereocenters. The van der Waals surface area contributed by atoms with Gasteiger partial charge in [0.15, 0.2) is 6.40 Å². The van der Waals surface area contributed by atoms with Gasteiger partial charge in [0.1, 0.15) is 0 Å². The molecule has 0 heterocycles. The number of aliphatic imine (C=N–C) groups is 1. The number of ether oxygens (including phenoxy) is 1. The standard InChI is InChI=1S/C18H29NO/c1-8-14(4)16(6)11-12-17(10-3)18(15(5)9-2)19-13-20-7/h10-13H,8-9H2,1-7H3/b12-11-,16-14-,17-10+,18-15-,19-13?. The number of nitrogens with zero attached hydrogens (tertiary/aromatic N) is 1. The molecule has 0 aliphatic rings. The van der Waals surface area contributed by atoms with Gasteiger partial charge in [-0.25, -0.2) is 4.99 Å². The largest absolute Gasteiger partial charge is 0.486 e. The molecule has 0 aliphatic carbocycles. The highest BCUT2D eigenvalue weighted by molar-refractivity contribution is 5.54. The van der Waals surface area contributed by atoms with E-state index in [-0.39, 0.29) is 0 Å². The van der Waals surface area contributed by atoms with E-state index in [4.69, 9.17) is 4.74 Å². The molecule has 2 heteroatoms. The first-order chi connectivity index (χ1) is 9.51. The first-order valence-corrected chi connectivity index (χ1v) is 7.27. The van der Waals surface area contributed by atoms with Crippen molar-refractivity contribution in [3.8, 4) is 0 Å². The summed E-state index contributed by atoms with van der Waals surface area (Å²) in [4.78, 5) is 4.42. The molecule has 0 amide bonds. The van der Waals surface area contributed by atoms with Crippen LogP contribution in [-0.4, -0.2) is 13.5 Å². The van der Waals surface area contributed by atoms with E-state index in [9.17, 15) is 0 Å². The average molecular weight is 275 g/mol. The first-order valence-electron chi connectivity index (χ1n) is 7.27.